The van der Waals surface area contributed by atoms with E-state index in [9.17, 15) is 9.59 Å². The van der Waals surface area contributed by atoms with Crippen molar-refractivity contribution in [3.8, 4) is 11.3 Å². The van der Waals surface area contributed by atoms with E-state index < -0.39 is 11.9 Å². The van der Waals surface area contributed by atoms with E-state index in [0.717, 1.165) is 15.4 Å². The van der Waals surface area contributed by atoms with E-state index in [0.29, 0.717) is 27.5 Å². The summed E-state index contributed by atoms with van der Waals surface area (Å²) in [5.41, 5.74) is 2.24. The number of cyclic esters (lactones) is 1. The van der Waals surface area contributed by atoms with Crippen molar-refractivity contribution in [2.45, 2.75) is 6.23 Å². The Morgan fingerprint density at radius 2 is 1.93 bits per heavy atom. The van der Waals surface area contributed by atoms with Crippen molar-refractivity contribution >= 4 is 49.3 Å². The van der Waals surface area contributed by atoms with Gasteiger partial charge >= 0.3 is 11.6 Å². The van der Waals surface area contributed by atoms with Crippen LogP contribution < -0.4 is 10.9 Å². The van der Waals surface area contributed by atoms with Crippen LogP contribution >= 0.6 is 27.3 Å². The summed E-state index contributed by atoms with van der Waals surface area (Å²) in [6, 6.07) is 14.4. The molecule has 1 N–H and O–H groups in total. The van der Waals surface area contributed by atoms with E-state index in [-0.39, 0.29) is 5.97 Å². The number of esters is 1. The molecule has 0 fully saturated rings. The van der Waals surface area contributed by atoms with Crippen molar-refractivity contribution < 1.29 is 13.9 Å². The van der Waals surface area contributed by atoms with E-state index in [2.05, 4.69) is 26.2 Å². The Morgan fingerprint density at radius 1 is 1.07 bits per heavy atom. The molecule has 0 bridgehead atoms. The number of rotatable bonds is 3. The number of carbonyl (C=O) groups excluding carboxylic acids is 1. The van der Waals surface area contributed by atoms with Gasteiger partial charge in [-0.05, 0) is 30.3 Å². The molecule has 28 heavy (non-hydrogen) atoms. The molecule has 0 saturated heterocycles. The van der Waals surface area contributed by atoms with Gasteiger partial charge in [-0.1, -0.05) is 34.1 Å². The fourth-order valence-corrected chi connectivity index (χ4v) is 4.21. The number of fused-ring (bicyclic) bond motifs is 2. The first-order valence-corrected chi connectivity index (χ1v) is 10.0. The molecule has 1 atom stereocenters. The van der Waals surface area contributed by atoms with Gasteiger partial charge in [-0.2, -0.15) is 0 Å². The maximum atomic E-state index is 12.4. The third-order valence-corrected chi connectivity index (χ3v) is 5.68. The number of nitrogens with zero attached hydrogens (tertiary/aromatic N) is 1. The van der Waals surface area contributed by atoms with Gasteiger partial charge in [0.1, 0.15) is 5.58 Å². The van der Waals surface area contributed by atoms with Gasteiger partial charge in [0.15, 0.2) is 5.13 Å². The minimum Gasteiger partial charge on any atom is -0.434 e. The van der Waals surface area contributed by atoms with Crippen molar-refractivity contribution in [3.63, 3.8) is 0 Å². The third kappa shape index (κ3) is 2.90. The van der Waals surface area contributed by atoms with Crippen LogP contribution in [-0.4, -0.2) is 11.0 Å². The summed E-state index contributed by atoms with van der Waals surface area (Å²) < 4.78 is 11.7. The molecule has 138 valence electrons. The molecule has 4 aromatic rings. The maximum absolute atomic E-state index is 12.4. The second-order valence-corrected chi connectivity index (χ2v) is 7.96. The molecule has 1 aliphatic rings. The second-order valence-electron chi connectivity index (χ2n) is 6.18. The highest BCUT2D eigenvalue weighted by atomic mass is 79.9. The van der Waals surface area contributed by atoms with Crippen LogP contribution in [0.3, 0.4) is 0 Å². The van der Waals surface area contributed by atoms with Crippen LogP contribution in [0.1, 0.15) is 22.1 Å². The van der Waals surface area contributed by atoms with Gasteiger partial charge in [-0.25, -0.2) is 14.6 Å². The van der Waals surface area contributed by atoms with Crippen molar-refractivity contribution in [3.05, 3.63) is 79.9 Å². The number of benzene rings is 2. The molecule has 8 heteroatoms. The first kappa shape index (κ1) is 17.2. The fraction of sp³-hybridized carbons (Fsp3) is 0.0500. The van der Waals surface area contributed by atoms with Gasteiger partial charge in [0.25, 0.3) is 0 Å². The molecular formula is C20H11BrN2O4S. The molecule has 2 aromatic carbocycles. The molecule has 2 aromatic heterocycles. The minimum atomic E-state index is -0.605. The largest absolute Gasteiger partial charge is 0.434 e. The zero-order valence-electron chi connectivity index (χ0n) is 14.1. The van der Waals surface area contributed by atoms with Crippen LogP contribution in [-0.2, 0) is 4.74 Å². The Morgan fingerprint density at radius 3 is 2.82 bits per heavy atom. The average Bonchev–Trinajstić information content (AvgIpc) is 3.27. The molecule has 1 aliphatic heterocycles. The van der Waals surface area contributed by atoms with Crippen LogP contribution in [0.15, 0.2) is 67.6 Å². The number of hydrogen-bond acceptors (Lipinski definition) is 7. The zero-order chi connectivity index (χ0) is 19.3. The highest BCUT2D eigenvalue weighted by molar-refractivity contribution is 9.10. The number of halogens is 1. The third-order valence-electron chi connectivity index (χ3n) is 4.42. The molecule has 0 aliphatic carbocycles. The number of hydrogen-bond donors (Lipinski definition) is 1. The van der Waals surface area contributed by atoms with E-state index in [1.807, 2.05) is 24.3 Å². The van der Waals surface area contributed by atoms with Crippen molar-refractivity contribution in [1.82, 2.24) is 4.98 Å². The number of thiazole rings is 1. The summed E-state index contributed by atoms with van der Waals surface area (Å²) in [6.45, 7) is 0. The monoisotopic (exact) mass is 454 g/mol. The molecule has 0 amide bonds. The average molecular weight is 455 g/mol. The highest BCUT2D eigenvalue weighted by Gasteiger charge is 2.31. The van der Waals surface area contributed by atoms with Crippen LogP contribution in [0.4, 0.5) is 5.13 Å². The van der Waals surface area contributed by atoms with Crippen LogP contribution in [0.5, 0.6) is 0 Å². The molecular weight excluding hydrogens is 444 g/mol. The van der Waals surface area contributed by atoms with E-state index in [1.165, 1.54) is 11.3 Å². The molecule has 3 heterocycles. The van der Waals surface area contributed by atoms with Gasteiger partial charge in [0.2, 0.25) is 6.23 Å². The molecule has 0 spiro atoms. The summed E-state index contributed by atoms with van der Waals surface area (Å²) in [5, 5.41) is 6.21. The van der Waals surface area contributed by atoms with E-state index >= 15 is 0 Å². The van der Waals surface area contributed by atoms with Crippen molar-refractivity contribution in [2.24, 2.45) is 0 Å². The van der Waals surface area contributed by atoms with Gasteiger partial charge in [0, 0.05) is 20.8 Å². The molecule has 1 unspecified atom stereocenters. The number of aromatic nitrogens is 1. The Labute approximate surface area is 170 Å². The first-order chi connectivity index (χ1) is 13.6. The quantitative estimate of drug-likeness (QED) is 0.348. The predicted octanol–water partition coefficient (Wildman–Crippen LogP) is 4.96. The number of anilines is 1. The Hall–Kier alpha value is -2.97. The lowest BCUT2D eigenvalue weighted by Gasteiger charge is -2.11. The lowest BCUT2D eigenvalue weighted by molar-refractivity contribution is 0.0437. The summed E-state index contributed by atoms with van der Waals surface area (Å²) >= 11 is 4.74. The highest BCUT2D eigenvalue weighted by Crippen LogP contribution is 2.33. The predicted molar refractivity (Wildman–Crippen MR) is 110 cm³/mol. The smallest absolute Gasteiger partial charge is 0.345 e. The maximum Gasteiger partial charge on any atom is 0.345 e. The Balaban J connectivity index is 1.47. The molecule has 0 radical (unpaired) electrons. The SMILES string of the molecule is O=C1OC(Nc2nc(-c3cc4cc(Br)ccc4oc3=O)cs2)c2ccccc21. The summed E-state index contributed by atoms with van der Waals surface area (Å²) in [7, 11) is 0. The first-order valence-electron chi connectivity index (χ1n) is 8.34. The fourth-order valence-electron chi connectivity index (χ4n) is 3.10. The standard InChI is InChI=1S/C20H11BrN2O4S/c21-11-5-6-16-10(7-11)8-14(19(25)26-16)15-9-28-20(22-15)23-17-12-3-1-2-4-13(12)18(24)27-17/h1-9,17H,(H,22,23). The number of carbonyl (C=O) groups is 1. The van der Waals surface area contributed by atoms with Gasteiger partial charge in [-0.3, -0.25) is 0 Å². The normalized spacial score (nSPS) is 15.5. The zero-order valence-corrected chi connectivity index (χ0v) is 16.5. The van der Waals surface area contributed by atoms with Gasteiger partial charge in [-0.15, -0.1) is 11.3 Å². The van der Waals surface area contributed by atoms with E-state index in [1.54, 1.807) is 29.6 Å². The van der Waals surface area contributed by atoms with Gasteiger partial charge in [0.05, 0.1) is 16.8 Å². The van der Waals surface area contributed by atoms with Crippen molar-refractivity contribution in [1.29, 1.82) is 0 Å². The number of nitrogens with one attached hydrogen (secondary N) is 1. The molecule has 6 nitrogen and oxygen atoms in total. The summed E-state index contributed by atoms with van der Waals surface area (Å²) in [6.07, 6.45) is -0.605. The lowest BCUT2D eigenvalue weighted by atomic mass is 10.1. The van der Waals surface area contributed by atoms with Crippen LogP contribution in [0.25, 0.3) is 22.2 Å². The Bertz CT molecular complexity index is 1300. The summed E-state index contributed by atoms with van der Waals surface area (Å²) in [4.78, 5) is 28.8. The second kappa shape index (κ2) is 6.57. The Kier molecular flexibility index (Phi) is 4.03. The van der Waals surface area contributed by atoms with Gasteiger partial charge < -0.3 is 14.5 Å². The lowest BCUT2D eigenvalue weighted by Crippen LogP contribution is -2.10. The van der Waals surface area contributed by atoms with Crippen LogP contribution in [0.2, 0.25) is 0 Å². The van der Waals surface area contributed by atoms with Crippen molar-refractivity contribution in [2.75, 3.05) is 5.32 Å². The minimum absolute atomic E-state index is 0.370. The van der Waals surface area contributed by atoms with E-state index in [4.69, 9.17) is 9.15 Å². The topological polar surface area (TPSA) is 81.4 Å². The molecule has 5 rings (SSSR count). The molecule has 0 saturated carbocycles. The summed E-state index contributed by atoms with van der Waals surface area (Å²) in [5.74, 6) is -0.370. The number of ether oxygens (including phenoxy) is 1. The van der Waals surface area contributed by atoms with Crippen LogP contribution in [0, 0.1) is 0 Å².